The van der Waals surface area contributed by atoms with Crippen LogP contribution in [0.3, 0.4) is 0 Å². The lowest BCUT2D eigenvalue weighted by Gasteiger charge is -2.07. The van der Waals surface area contributed by atoms with Gasteiger partial charge in [0.05, 0.1) is 21.8 Å². The van der Waals surface area contributed by atoms with Crippen LogP contribution in [0, 0.1) is 20.8 Å². The molecule has 0 aliphatic carbocycles. The number of aryl methyl sites for hydroxylation is 3. The van der Waals surface area contributed by atoms with Crippen LogP contribution in [0.2, 0.25) is 5.02 Å². The van der Waals surface area contributed by atoms with Crippen molar-refractivity contribution in [2.45, 2.75) is 20.8 Å². The maximum Gasteiger partial charge on any atom is 0.337 e. The molecule has 0 N–H and O–H groups in total. The molecule has 0 spiro atoms. The van der Waals surface area contributed by atoms with Crippen molar-refractivity contribution in [1.29, 1.82) is 0 Å². The Balaban J connectivity index is 2.44. The van der Waals surface area contributed by atoms with Gasteiger partial charge < -0.3 is 4.42 Å². The third kappa shape index (κ3) is 1.84. The molecule has 5 heteroatoms. The molecule has 0 saturated carbocycles. The van der Waals surface area contributed by atoms with Gasteiger partial charge in [0.2, 0.25) is 5.71 Å². The Bertz CT molecular complexity index is 877. The van der Waals surface area contributed by atoms with Crippen LogP contribution in [0.1, 0.15) is 16.8 Å². The van der Waals surface area contributed by atoms with Crippen LogP contribution in [0.5, 0.6) is 0 Å². The second kappa shape index (κ2) is 4.49. The van der Waals surface area contributed by atoms with Gasteiger partial charge in [-0.25, -0.2) is 4.79 Å². The fraction of sp³-hybridized carbons (Fsp3) is 0.200. The maximum atomic E-state index is 11.6. The molecule has 102 valence electrons. The molecule has 2 heterocycles. The quantitative estimate of drug-likeness (QED) is 0.688. The molecule has 0 radical (unpaired) electrons. The van der Waals surface area contributed by atoms with Crippen LogP contribution in [-0.4, -0.2) is 9.78 Å². The molecule has 1 aromatic carbocycles. The summed E-state index contributed by atoms with van der Waals surface area (Å²) in [6, 6.07) is 7.14. The van der Waals surface area contributed by atoms with E-state index in [1.165, 1.54) is 6.07 Å². The molecule has 0 saturated heterocycles. The number of hydrogen-bond donors (Lipinski definition) is 0. The Kier molecular flexibility index (Phi) is 2.91. The molecule has 0 bridgehead atoms. The van der Waals surface area contributed by atoms with Crippen molar-refractivity contribution in [3.8, 4) is 5.69 Å². The van der Waals surface area contributed by atoms with Crippen LogP contribution in [0.4, 0.5) is 0 Å². The first-order valence-corrected chi connectivity index (χ1v) is 6.62. The van der Waals surface area contributed by atoms with Gasteiger partial charge in [0.25, 0.3) is 0 Å². The highest BCUT2D eigenvalue weighted by Gasteiger charge is 2.16. The topological polar surface area (TPSA) is 48.0 Å². The zero-order valence-electron chi connectivity index (χ0n) is 11.4. The number of hydrogen-bond acceptors (Lipinski definition) is 3. The first kappa shape index (κ1) is 12.9. The van der Waals surface area contributed by atoms with Crippen LogP contribution < -0.4 is 5.63 Å². The molecule has 2 aromatic heterocycles. The second-order valence-electron chi connectivity index (χ2n) is 4.83. The summed E-state index contributed by atoms with van der Waals surface area (Å²) >= 11 is 6.34. The largest absolute Gasteiger partial charge is 0.403 e. The molecule has 0 aliphatic heterocycles. The third-order valence-electron chi connectivity index (χ3n) is 3.34. The van der Waals surface area contributed by atoms with E-state index in [1.807, 2.05) is 39.0 Å². The summed E-state index contributed by atoms with van der Waals surface area (Å²) < 4.78 is 6.92. The summed E-state index contributed by atoms with van der Waals surface area (Å²) in [5.74, 6) is 0. The van der Waals surface area contributed by atoms with Crippen molar-refractivity contribution in [2.75, 3.05) is 0 Å². The van der Waals surface area contributed by atoms with Crippen molar-refractivity contribution in [3.63, 3.8) is 0 Å². The van der Waals surface area contributed by atoms with E-state index in [1.54, 1.807) is 4.68 Å². The van der Waals surface area contributed by atoms with Crippen LogP contribution in [0.15, 0.2) is 33.5 Å². The monoisotopic (exact) mass is 288 g/mol. The molecule has 0 fully saturated rings. The third-order valence-corrected chi connectivity index (χ3v) is 3.84. The lowest BCUT2D eigenvalue weighted by atomic mass is 10.2. The van der Waals surface area contributed by atoms with Crippen molar-refractivity contribution < 1.29 is 4.42 Å². The predicted molar refractivity (Wildman–Crippen MR) is 78.8 cm³/mol. The Morgan fingerprint density at radius 3 is 2.70 bits per heavy atom. The van der Waals surface area contributed by atoms with Gasteiger partial charge in [0, 0.05) is 6.07 Å². The van der Waals surface area contributed by atoms with Crippen molar-refractivity contribution in [1.82, 2.24) is 9.78 Å². The highest BCUT2D eigenvalue weighted by Crippen LogP contribution is 2.28. The van der Waals surface area contributed by atoms with Gasteiger partial charge in [0.1, 0.15) is 0 Å². The van der Waals surface area contributed by atoms with E-state index >= 15 is 0 Å². The molecular formula is C15H13ClN2O2. The van der Waals surface area contributed by atoms with E-state index in [0.717, 1.165) is 22.2 Å². The van der Waals surface area contributed by atoms with Gasteiger partial charge in [-0.15, -0.1) is 0 Å². The van der Waals surface area contributed by atoms with Crippen LogP contribution >= 0.6 is 11.6 Å². The summed E-state index contributed by atoms with van der Waals surface area (Å²) in [5.41, 5.74) is 3.35. The highest BCUT2D eigenvalue weighted by molar-refractivity contribution is 6.33. The SMILES string of the molecule is Cc1cccc(-n2nc(C)c3c(C)cc(=O)oc32)c1Cl. The highest BCUT2D eigenvalue weighted by atomic mass is 35.5. The van der Waals surface area contributed by atoms with Crippen molar-refractivity contribution >= 4 is 22.7 Å². The summed E-state index contributed by atoms with van der Waals surface area (Å²) in [5, 5.41) is 5.91. The number of benzene rings is 1. The fourth-order valence-electron chi connectivity index (χ4n) is 2.39. The minimum Gasteiger partial charge on any atom is -0.403 e. The molecule has 3 rings (SSSR count). The van der Waals surface area contributed by atoms with Gasteiger partial charge in [-0.05, 0) is 38.0 Å². The van der Waals surface area contributed by atoms with E-state index in [4.69, 9.17) is 16.0 Å². The minimum atomic E-state index is -0.389. The van der Waals surface area contributed by atoms with E-state index < -0.39 is 0 Å². The Morgan fingerprint density at radius 2 is 1.95 bits per heavy atom. The summed E-state index contributed by atoms with van der Waals surface area (Å²) in [4.78, 5) is 11.6. The lowest BCUT2D eigenvalue weighted by Crippen LogP contribution is -2.02. The van der Waals surface area contributed by atoms with E-state index in [-0.39, 0.29) is 5.63 Å². The van der Waals surface area contributed by atoms with Crippen molar-refractivity contribution in [3.05, 3.63) is 56.5 Å². The molecular weight excluding hydrogens is 276 g/mol. The molecule has 20 heavy (non-hydrogen) atoms. The molecule has 4 nitrogen and oxygen atoms in total. The standard InChI is InChI=1S/C15H13ClN2O2/c1-8-5-4-6-11(14(8)16)18-15-13(10(3)17-18)9(2)7-12(19)20-15/h4-7H,1-3H3. The fourth-order valence-corrected chi connectivity index (χ4v) is 2.59. The average molecular weight is 289 g/mol. The van der Waals surface area contributed by atoms with Gasteiger partial charge in [-0.2, -0.15) is 9.78 Å². The number of nitrogens with zero attached hydrogens (tertiary/aromatic N) is 2. The zero-order valence-corrected chi connectivity index (χ0v) is 12.2. The predicted octanol–water partition coefficient (Wildman–Crippen LogP) is 3.56. The van der Waals surface area contributed by atoms with E-state index in [0.29, 0.717) is 16.4 Å². The molecule has 0 unspecified atom stereocenters. The number of fused-ring (bicyclic) bond motifs is 1. The normalized spacial score (nSPS) is 11.2. The average Bonchev–Trinajstić information content (AvgIpc) is 2.70. The maximum absolute atomic E-state index is 11.6. The Hall–Kier alpha value is -2.07. The first-order valence-electron chi connectivity index (χ1n) is 6.24. The molecule has 3 aromatic rings. The van der Waals surface area contributed by atoms with Crippen molar-refractivity contribution in [2.24, 2.45) is 0 Å². The van der Waals surface area contributed by atoms with Gasteiger partial charge in [-0.1, -0.05) is 23.7 Å². The molecule has 0 amide bonds. The summed E-state index contributed by atoms with van der Waals surface area (Å²) in [6.45, 7) is 5.68. The summed E-state index contributed by atoms with van der Waals surface area (Å²) in [6.07, 6.45) is 0. The minimum absolute atomic E-state index is 0.389. The van der Waals surface area contributed by atoms with E-state index in [2.05, 4.69) is 5.10 Å². The van der Waals surface area contributed by atoms with Crippen LogP contribution in [0.25, 0.3) is 16.8 Å². The number of aromatic nitrogens is 2. The first-order chi connectivity index (χ1) is 9.49. The Morgan fingerprint density at radius 1 is 1.20 bits per heavy atom. The number of rotatable bonds is 1. The van der Waals surface area contributed by atoms with E-state index in [9.17, 15) is 4.79 Å². The van der Waals surface area contributed by atoms with Gasteiger partial charge in [0.15, 0.2) is 0 Å². The molecule has 0 aliphatic rings. The van der Waals surface area contributed by atoms with Gasteiger partial charge in [-0.3, -0.25) is 0 Å². The summed E-state index contributed by atoms with van der Waals surface area (Å²) in [7, 11) is 0. The van der Waals surface area contributed by atoms with Gasteiger partial charge >= 0.3 is 5.63 Å². The molecule has 0 atom stereocenters. The zero-order chi connectivity index (χ0) is 14.4. The lowest BCUT2D eigenvalue weighted by molar-refractivity contribution is 0.534. The second-order valence-corrected chi connectivity index (χ2v) is 5.21. The smallest absolute Gasteiger partial charge is 0.337 e. The van der Waals surface area contributed by atoms with Crippen LogP contribution in [-0.2, 0) is 0 Å². The Labute approximate surface area is 120 Å². The number of halogens is 1.